The Labute approximate surface area is 88.6 Å². The minimum Gasteiger partial charge on any atom is -0.450 e. The summed E-state index contributed by atoms with van der Waals surface area (Å²) >= 11 is 0. The lowest BCUT2D eigenvalue weighted by atomic mass is 9.84. The first-order valence-corrected chi connectivity index (χ1v) is 5.26. The van der Waals surface area contributed by atoms with Gasteiger partial charge in [0.05, 0.1) is 6.42 Å². The van der Waals surface area contributed by atoms with E-state index in [1.54, 1.807) is 0 Å². The number of carbonyl (C=O) groups excluding carboxylic acids is 1. The third-order valence-corrected chi connectivity index (χ3v) is 3.31. The molecule has 1 aliphatic heterocycles. The Morgan fingerprint density at radius 3 is 2.87 bits per heavy atom. The zero-order valence-corrected chi connectivity index (χ0v) is 8.35. The quantitative estimate of drug-likeness (QED) is 0.514. The molecule has 1 aromatic rings. The van der Waals surface area contributed by atoms with Crippen LogP contribution in [0.25, 0.3) is 0 Å². The van der Waals surface area contributed by atoms with Crippen LogP contribution in [0.4, 0.5) is 0 Å². The van der Waals surface area contributed by atoms with Crippen LogP contribution in [0.15, 0.2) is 42.5 Å². The highest BCUT2D eigenvalue weighted by atomic mass is 16.6. The minimum atomic E-state index is -0.460. The van der Waals surface area contributed by atoms with E-state index in [1.807, 2.05) is 36.4 Å². The van der Waals surface area contributed by atoms with Crippen LogP contribution in [0.1, 0.15) is 18.4 Å². The normalized spacial score (nSPS) is 32.8. The summed E-state index contributed by atoms with van der Waals surface area (Å²) < 4.78 is 5.53. The maximum Gasteiger partial charge on any atom is 0.307 e. The molecule has 0 radical (unpaired) electrons. The molecule has 2 aliphatic rings. The minimum absolute atomic E-state index is 0.0757. The largest absolute Gasteiger partial charge is 0.450 e. The fourth-order valence-corrected chi connectivity index (χ4v) is 2.59. The van der Waals surface area contributed by atoms with Gasteiger partial charge >= 0.3 is 5.97 Å². The second-order valence-electron chi connectivity index (χ2n) is 4.17. The van der Waals surface area contributed by atoms with Crippen LogP contribution in [0.5, 0.6) is 0 Å². The summed E-state index contributed by atoms with van der Waals surface area (Å²) in [6.07, 6.45) is 5.64. The molecule has 15 heavy (non-hydrogen) atoms. The maximum absolute atomic E-state index is 11.4. The van der Waals surface area contributed by atoms with E-state index in [0.29, 0.717) is 12.3 Å². The van der Waals surface area contributed by atoms with Crippen molar-refractivity contribution in [3.63, 3.8) is 0 Å². The number of ether oxygens (including phenoxy) is 1. The van der Waals surface area contributed by atoms with E-state index in [1.165, 1.54) is 0 Å². The second kappa shape index (κ2) is 2.96. The SMILES string of the molecule is O=C1C[C@H]2CC=C[C@@]2(c2ccccc2)O1. The number of hydrogen-bond donors (Lipinski definition) is 0. The number of fused-ring (bicyclic) bond motifs is 1. The highest BCUT2D eigenvalue weighted by Gasteiger charge is 2.50. The summed E-state index contributed by atoms with van der Waals surface area (Å²) in [5.41, 5.74) is 0.632. The van der Waals surface area contributed by atoms with Crippen LogP contribution in [-0.2, 0) is 15.1 Å². The van der Waals surface area contributed by atoms with E-state index in [0.717, 1.165) is 12.0 Å². The molecule has 0 aromatic heterocycles. The van der Waals surface area contributed by atoms with Gasteiger partial charge in [-0.1, -0.05) is 36.4 Å². The van der Waals surface area contributed by atoms with Crippen molar-refractivity contribution in [1.82, 2.24) is 0 Å². The standard InChI is InChI=1S/C13H12O2/c14-12-9-11-7-4-8-13(11,15-12)10-5-2-1-3-6-10/h1-6,8,11H,7,9H2/t11-,13+/m1/s1. The molecule has 0 N–H and O–H groups in total. The van der Waals surface area contributed by atoms with Gasteiger partial charge in [-0.2, -0.15) is 0 Å². The Hall–Kier alpha value is -1.57. The fraction of sp³-hybridized carbons (Fsp3) is 0.308. The third kappa shape index (κ3) is 1.14. The molecule has 1 fully saturated rings. The van der Waals surface area contributed by atoms with Gasteiger partial charge in [-0.25, -0.2) is 0 Å². The molecule has 1 heterocycles. The van der Waals surface area contributed by atoms with Crippen molar-refractivity contribution in [1.29, 1.82) is 0 Å². The lowest BCUT2D eigenvalue weighted by Gasteiger charge is -2.26. The van der Waals surface area contributed by atoms with Crippen molar-refractivity contribution in [2.24, 2.45) is 5.92 Å². The second-order valence-corrected chi connectivity index (χ2v) is 4.17. The van der Waals surface area contributed by atoms with Gasteiger partial charge in [-0.15, -0.1) is 0 Å². The van der Waals surface area contributed by atoms with Gasteiger partial charge in [0.25, 0.3) is 0 Å². The van der Waals surface area contributed by atoms with E-state index in [-0.39, 0.29) is 5.97 Å². The van der Waals surface area contributed by atoms with Crippen molar-refractivity contribution in [2.75, 3.05) is 0 Å². The average Bonchev–Trinajstić information content (AvgIpc) is 2.75. The van der Waals surface area contributed by atoms with Gasteiger partial charge in [-0.3, -0.25) is 4.79 Å². The van der Waals surface area contributed by atoms with E-state index < -0.39 is 5.60 Å². The molecule has 1 saturated heterocycles. The molecular weight excluding hydrogens is 188 g/mol. The molecule has 0 saturated carbocycles. The summed E-state index contributed by atoms with van der Waals surface area (Å²) in [7, 11) is 0. The number of hydrogen-bond acceptors (Lipinski definition) is 2. The average molecular weight is 200 g/mol. The number of benzene rings is 1. The smallest absolute Gasteiger partial charge is 0.307 e. The molecule has 76 valence electrons. The van der Waals surface area contributed by atoms with Crippen LogP contribution in [-0.4, -0.2) is 5.97 Å². The molecule has 0 spiro atoms. The monoisotopic (exact) mass is 200 g/mol. The lowest BCUT2D eigenvalue weighted by molar-refractivity contribution is -0.146. The molecular formula is C13H12O2. The highest BCUT2D eigenvalue weighted by Crippen LogP contribution is 2.48. The van der Waals surface area contributed by atoms with Crippen LogP contribution >= 0.6 is 0 Å². The first-order valence-electron chi connectivity index (χ1n) is 5.26. The van der Waals surface area contributed by atoms with Crippen molar-refractivity contribution in [3.05, 3.63) is 48.0 Å². The van der Waals surface area contributed by atoms with Crippen LogP contribution in [0.2, 0.25) is 0 Å². The molecule has 0 unspecified atom stereocenters. The number of allylic oxidation sites excluding steroid dienone is 1. The highest BCUT2D eigenvalue weighted by molar-refractivity contribution is 5.74. The van der Waals surface area contributed by atoms with Crippen LogP contribution in [0, 0.1) is 5.92 Å². The predicted molar refractivity (Wildman–Crippen MR) is 56.1 cm³/mol. The van der Waals surface area contributed by atoms with Gasteiger partial charge < -0.3 is 4.74 Å². The summed E-state index contributed by atoms with van der Waals surface area (Å²) in [5, 5.41) is 0. The zero-order chi connectivity index (χ0) is 10.3. The molecule has 1 aromatic carbocycles. The summed E-state index contributed by atoms with van der Waals surface area (Å²) in [5.74, 6) is 0.223. The Kier molecular flexibility index (Phi) is 1.72. The molecule has 3 rings (SSSR count). The van der Waals surface area contributed by atoms with Crippen molar-refractivity contribution < 1.29 is 9.53 Å². The molecule has 2 atom stereocenters. The first kappa shape index (κ1) is 8.72. The maximum atomic E-state index is 11.4. The third-order valence-electron chi connectivity index (χ3n) is 3.31. The van der Waals surface area contributed by atoms with Gasteiger partial charge in [0.2, 0.25) is 0 Å². The van der Waals surface area contributed by atoms with Crippen LogP contribution in [0.3, 0.4) is 0 Å². The number of esters is 1. The van der Waals surface area contributed by atoms with E-state index in [4.69, 9.17) is 4.74 Å². The molecule has 0 amide bonds. The Balaban J connectivity index is 2.09. The number of carbonyl (C=O) groups is 1. The first-order chi connectivity index (χ1) is 7.31. The molecule has 0 bridgehead atoms. The van der Waals surface area contributed by atoms with Crippen molar-refractivity contribution >= 4 is 5.97 Å². The summed E-state index contributed by atoms with van der Waals surface area (Å²) in [6.45, 7) is 0. The van der Waals surface area contributed by atoms with Crippen molar-refractivity contribution in [3.8, 4) is 0 Å². The van der Waals surface area contributed by atoms with Crippen molar-refractivity contribution in [2.45, 2.75) is 18.4 Å². The van der Waals surface area contributed by atoms with Crippen LogP contribution < -0.4 is 0 Å². The van der Waals surface area contributed by atoms with Gasteiger partial charge in [0.1, 0.15) is 0 Å². The molecule has 1 aliphatic carbocycles. The molecule has 2 heteroatoms. The van der Waals surface area contributed by atoms with E-state index >= 15 is 0 Å². The topological polar surface area (TPSA) is 26.3 Å². The zero-order valence-electron chi connectivity index (χ0n) is 8.35. The molecule has 2 nitrogen and oxygen atoms in total. The van der Waals surface area contributed by atoms with Gasteiger partial charge in [-0.05, 0) is 18.1 Å². The van der Waals surface area contributed by atoms with E-state index in [2.05, 4.69) is 6.08 Å². The van der Waals surface area contributed by atoms with E-state index in [9.17, 15) is 4.79 Å². The summed E-state index contributed by atoms with van der Waals surface area (Å²) in [6, 6.07) is 10.0. The fourth-order valence-electron chi connectivity index (χ4n) is 2.59. The van der Waals surface area contributed by atoms with Gasteiger partial charge in [0.15, 0.2) is 5.60 Å². The lowest BCUT2D eigenvalue weighted by Crippen LogP contribution is -2.27. The Bertz CT molecular complexity index is 421. The van der Waals surface area contributed by atoms with Gasteiger partial charge in [0, 0.05) is 5.92 Å². The summed E-state index contributed by atoms with van der Waals surface area (Å²) in [4.78, 5) is 11.4. The Morgan fingerprint density at radius 2 is 2.07 bits per heavy atom. The Morgan fingerprint density at radius 1 is 1.27 bits per heavy atom. The number of rotatable bonds is 1. The predicted octanol–water partition coefficient (Wildman–Crippen LogP) is 2.40.